The number of hydrogen-bond donors (Lipinski definition) is 2. The van der Waals surface area contributed by atoms with Gasteiger partial charge in [-0.15, -0.1) is 0 Å². The number of carbonyl (C=O) groups is 2. The summed E-state index contributed by atoms with van der Waals surface area (Å²) in [5, 5.41) is 6.12. The molecule has 154 valence electrons. The maximum absolute atomic E-state index is 12.6. The fourth-order valence-electron chi connectivity index (χ4n) is 2.97. The molecule has 30 heavy (non-hydrogen) atoms. The van der Waals surface area contributed by atoms with E-state index >= 15 is 0 Å². The Labute approximate surface area is 181 Å². The molecule has 0 aliphatic rings. The summed E-state index contributed by atoms with van der Waals surface area (Å²) >= 11 is 5.95. The monoisotopic (exact) mass is 422 g/mol. The Morgan fingerprint density at radius 3 is 2.13 bits per heavy atom. The van der Waals surface area contributed by atoms with Crippen LogP contribution < -0.4 is 15.4 Å². The summed E-state index contributed by atoms with van der Waals surface area (Å²) in [7, 11) is 0. The van der Waals surface area contributed by atoms with E-state index in [0.717, 1.165) is 11.1 Å². The smallest absolute Gasteiger partial charge is 0.265 e. The van der Waals surface area contributed by atoms with Crippen LogP contribution in [0.3, 0.4) is 0 Å². The molecule has 2 amide bonds. The van der Waals surface area contributed by atoms with Crippen LogP contribution in [0.25, 0.3) is 0 Å². The van der Waals surface area contributed by atoms with Crippen LogP contribution in [0.2, 0.25) is 5.02 Å². The van der Waals surface area contributed by atoms with Gasteiger partial charge in [-0.3, -0.25) is 9.59 Å². The Hall–Kier alpha value is -3.31. The van der Waals surface area contributed by atoms with Gasteiger partial charge in [0.15, 0.2) is 6.10 Å². The second-order valence-electron chi connectivity index (χ2n) is 7.02. The molecule has 0 saturated heterocycles. The van der Waals surface area contributed by atoms with Crippen LogP contribution in [0.5, 0.6) is 5.75 Å². The molecule has 0 aromatic heterocycles. The molecule has 1 unspecified atom stereocenters. The number of aryl methyl sites for hydroxylation is 2. The van der Waals surface area contributed by atoms with E-state index in [2.05, 4.69) is 10.6 Å². The van der Waals surface area contributed by atoms with Gasteiger partial charge < -0.3 is 15.4 Å². The van der Waals surface area contributed by atoms with Crippen molar-refractivity contribution >= 4 is 34.8 Å². The SMILES string of the molecule is Cc1cccc(C)c1OC(C)C(=O)Nc1cccc(C(=O)Nc2cccc(Cl)c2)c1. The number of amides is 2. The highest BCUT2D eigenvalue weighted by Gasteiger charge is 2.17. The summed E-state index contributed by atoms with van der Waals surface area (Å²) in [6.07, 6.45) is -0.700. The van der Waals surface area contributed by atoms with Crippen LogP contribution in [0, 0.1) is 13.8 Å². The minimum Gasteiger partial charge on any atom is -0.480 e. The van der Waals surface area contributed by atoms with Gasteiger partial charge in [0, 0.05) is 22.0 Å². The number of halogens is 1. The van der Waals surface area contributed by atoms with Crippen LogP contribution >= 0.6 is 11.6 Å². The third-order valence-electron chi connectivity index (χ3n) is 4.55. The van der Waals surface area contributed by atoms with Crippen LogP contribution in [-0.2, 0) is 4.79 Å². The predicted molar refractivity (Wildman–Crippen MR) is 120 cm³/mol. The first kappa shape index (κ1) is 21.4. The van der Waals surface area contributed by atoms with Crippen molar-refractivity contribution in [2.45, 2.75) is 26.9 Å². The Kier molecular flexibility index (Phi) is 6.75. The van der Waals surface area contributed by atoms with Crippen LogP contribution in [-0.4, -0.2) is 17.9 Å². The van der Waals surface area contributed by atoms with Crippen LogP contribution in [0.1, 0.15) is 28.4 Å². The van der Waals surface area contributed by atoms with Crippen molar-refractivity contribution < 1.29 is 14.3 Å². The Balaban J connectivity index is 1.67. The lowest BCUT2D eigenvalue weighted by atomic mass is 10.1. The zero-order chi connectivity index (χ0) is 21.7. The van der Waals surface area contributed by atoms with E-state index < -0.39 is 6.10 Å². The lowest BCUT2D eigenvalue weighted by Crippen LogP contribution is -2.30. The molecular weight excluding hydrogens is 400 g/mol. The quantitative estimate of drug-likeness (QED) is 0.542. The van der Waals surface area contributed by atoms with Gasteiger partial charge in [-0.1, -0.05) is 41.9 Å². The highest BCUT2D eigenvalue weighted by Crippen LogP contribution is 2.24. The average molecular weight is 423 g/mol. The molecule has 0 aliphatic heterocycles. The minimum absolute atomic E-state index is 0.298. The van der Waals surface area contributed by atoms with Crippen molar-refractivity contribution in [2.24, 2.45) is 0 Å². The number of anilines is 2. The van der Waals surface area contributed by atoms with Gasteiger partial charge in [-0.05, 0) is 68.3 Å². The van der Waals surface area contributed by atoms with E-state index in [4.69, 9.17) is 16.3 Å². The van der Waals surface area contributed by atoms with E-state index in [1.807, 2.05) is 32.0 Å². The molecule has 0 heterocycles. The molecule has 1 atom stereocenters. The standard InChI is InChI=1S/C24H23ClN2O3/c1-15-7-4-8-16(2)22(15)30-17(3)23(28)26-20-11-5-9-18(13-20)24(29)27-21-12-6-10-19(25)14-21/h4-14,17H,1-3H3,(H,26,28)(H,27,29). The number of carbonyl (C=O) groups excluding carboxylic acids is 2. The highest BCUT2D eigenvalue weighted by atomic mass is 35.5. The van der Waals surface area contributed by atoms with Gasteiger partial charge in [0.2, 0.25) is 0 Å². The Morgan fingerprint density at radius 1 is 0.867 bits per heavy atom. The van der Waals surface area contributed by atoms with Crippen LogP contribution in [0.15, 0.2) is 66.7 Å². The molecule has 6 heteroatoms. The summed E-state index contributed by atoms with van der Waals surface area (Å²) in [6, 6.07) is 19.4. The molecule has 0 bridgehead atoms. The van der Waals surface area contributed by atoms with Gasteiger partial charge in [-0.25, -0.2) is 0 Å². The van der Waals surface area contributed by atoms with Crippen molar-refractivity contribution in [3.8, 4) is 5.75 Å². The number of nitrogens with one attached hydrogen (secondary N) is 2. The molecule has 0 spiro atoms. The van der Waals surface area contributed by atoms with Crippen molar-refractivity contribution in [1.82, 2.24) is 0 Å². The van der Waals surface area contributed by atoms with E-state index in [9.17, 15) is 9.59 Å². The van der Waals surface area contributed by atoms with Gasteiger partial charge >= 0.3 is 0 Å². The third-order valence-corrected chi connectivity index (χ3v) is 4.78. The van der Waals surface area contributed by atoms with Gasteiger partial charge in [-0.2, -0.15) is 0 Å². The summed E-state index contributed by atoms with van der Waals surface area (Å²) < 4.78 is 5.87. The highest BCUT2D eigenvalue weighted by molar-refractivity contribution is 6.31. The van der Waals surface area contributed by atoms with Crippen molar-refractivity contribution in [3.63, 3.8) is 0 Å². The molecule has 3 rings (SSSR count). The first-order valence-corrected chi connectivity index (χ1v) is 9.92. The van der Waals surface area contributed by atoms with Crippen molar-refractivity contribution in [2.75, 3.05) is 10.6 Å². The van der Waals surface area contributed by atoms with E-state index in [0.29, 0.717) is 27.7 Å². The van der Waals surface area contributed by atoms with Crippen molar-refractivity contribution in [1.29, 1.82) is 0 Å². The number of hydrogen-bond acceptors (Lipinski definition) is 3. The fourth-order valence-corrected chi connectivity index (χ4v) is 3.16. The molecule has 3 aromatic rings. The number of ether oxygens (including phenoxy) is 1. The van der Waals surface area contributed by atoms with Gasteiger partial charge in [0.25, 0.3) is 11.8 Å². The molecule has 0 radical (unpaired) electrons. The lowest BCUT2D eigenvalue weighted by Gasteiger charge is -2.18. The van der Waals surface area contributed by atoms with Gasteiger partial charge in [0.1, 0.15) is 5.75 Å². The molecule has 0 saturated carbocycles. The molecule has 3 aromatic carbocycles. The van der Waals surface area contributed by atoms with E-state index in [1.54, 1.807) is 55.5 Å². The number of rotatable bonds is 6. The molecular formula is C24H23ClN2O3. The predicted octanol–water partition coefficient (Wildman–Crippen LogP) is 5.62. The molecule has 2 N–H and O–H groups in total. The topological polar surface area (TPSA) is 67.4 Å². The first-order chi connectivity index (χ1) is 14.3. The number of para-hydroxylation sites is 1. The minimum atomic E-state index is -0.700. The zero-order valence-electron chi connectivity index (χ0n) is 17.0. The molecule has 0 fully saturated rings. The summed E-state index contributed by atoms with van der Waals surface area (Å²) in [5.41, 5.74) is 3.45. The molecule has 0 aliphatic carbocycles. The normalized spacial score (nSPS) is 11.5. The maximum Gasteiger partial charge on any atom is 0.265 e. The molecule has 5 nitrogen and oxygen atoms in total. The largest absolute Gasteiger partial charge is 0.480 e. The van der Waals surface area contributed by atoms with E-state index in [1.165, 1.54) is 0 Å². The second kappa shape index (κ2) is 9.46. The summed E-state index contributed by atoms with van der Waals surface area (Å²) in [6.45, 7) is 5.57. The van der Waals surface area contributed by atoms with E-state index in [-0.39, 0.29) is 11.8 Å². The average Bonchev–Trinajstić information content (AvgIpc) is 2.71. The second-order valence-corrected chi connectivity index (χ2v) is 7.45. The zero-order valence-corrected chi connectivity index (χ0v) is 17.8. The first-order valence-electron chi connectivity index (χ1n) is 9.54. The van der Waals surface area contributed by atoms with Crippen molar-refractivity contribution in [3.05, 3.63) is 88.4 Å². The summed E-state index contributed by atoms with van der Waals surface area (Å²) in [5.74, 6) is 0.105. The van der Waals surface area contributed by atoms with Crippen LogP contribution in [0.4, 0.5) is 11.4 Å². The maximum atomic E-state index is 12.6. The number of benzene rings is 3. The fraction of sp³-hybridized carbons (Fsp3) is 0.167. The Morgan fingerprint density at radius 2 is 1.47 bits per heavy atom. The lowest BCUT2D eigenvalue weighted by molar-refractivity contribution is -0.122. The Bertz CT molecular complexity index is 1060. The van der Waals surface area contributed by atoms with Gasteiger partial charge in [0.05, 0.1) is 0 Å². The summed E-state index contributed by atoms with van der Waals surface area (Å²) in [4.78, 5) is 25.1. The third kappa shape index (κ3) is 5.39.